The molecule has 2 aromatic rings. The van der Waals surface area contributed by atoms with Gasteiger partial charge in [0.2, 0.25) is 0 Å². The van der Waals surface area contributed by atoms with Crippen molar-refractivity contribution in [3.63, 3.8) is 0 Å². The molecule has 0 aliphatic heterocycles. The molecule has 4 heteroatoms. The number of nitriles is 1. The monoisotopic (exact) mass is 271 g/mol. The molecule has 20 heavy (non-hydrogen) atoms. The Morgan fingerprint density at radius 2 is 1.65 bits per heavy atom. The third-order valence-corrected chi connectivity index (χ3v) is 2.95. The average Bonchev–Trinajstić information content (AvgIpc) is 2.39. The lowest BCUT2D eigenvalue weighted by molar-refractivity contribution is 0.0979. The van der Waals surface area contributed by atoms with Crippen LogP contribution in [-0.2, 0) is 0 Å². The van der Waals surface area contributed by atoms with Crippen molar-refractivity contribution in [2.45, 2.75) is 12.8 Å². The van der Waals surface area contributed by atoms with E-state index in [0.29, 0.717) is 11.6 Å². The lowest BCUT2D eigenvalue weighted by Gasteiger charge is -2.09. The summed E-state index contributed by atoms with van der Waals surface area (Å²) in [4.78, 5) is 12.2. The molecule has 0 fully saturated rings. The van der Waals surface area contributed by atoms with E-state index in [1.165, 1.54) is 0 Å². The zero-order valence-electron chi connectivity index (χ0n) is 10.7. The maximum absolute atomic E-state index is 13.2. The topological polar surface area (TPSA) is 40.9 Å². The Morgan fingerprint density at radius 1 is 1.10 bits per heavy atom. The van der Waals surface area contributed by atoms with Gasteiger partial charge in [0.05, 0.1) is 6.07 Å². The average molecular weight is 271 g/mol. The van der Waals surface area contributed by atoms with Crippen LogP contribution in [0.2, 0.25) is 0 Å². The molecule has 2 aromatic carbocycles. The quantitative estimate of drug-likeness (QED) is 0.797. The lowest BCUT2D eigenvalue weighted by atomic mass is 9.91. The van der Waals surface area contributed by atoms with Crippen molar-refractivity contribution in [3.05, 3.63) is 70.8 Å². The molecule has 0 saturated heterocycles. The van der Waals surface area contributed by atoms with Gasteiger partial charge in [0.1, 0.15) is 17.6 Å². The molecule has 0 aliphatic rings. The first-order valence-corrected chi connectivity index (χ1v) is 5.98. The van der Waals surface area contributed by atoms with Gasteiger partial charge >= 0.3 is 0 Å². The molecular weight excluding hydrogens is 260 g/mol. The van der Waals surface area contributed by atoms with Gasteiger partial charge in [0.15, 0.2) is 5.78 Å². The molecule has 0 amide bonds. The van der Waals surface area contributed by atoms with Gasteiger partial charge in [0.25, 0.3) is 0 Å². The molecule has 0 saturated carbocycles. The summed E-state index contributed by atoms with van der Waals surface area (Å²) in [7, 11) is 0. The van der Waals surface area contributed by atoms with E-state index in [0.717, 1.165) is 17.7 Å². The maximum Gasteiger partial charge on any atom is 0.184 e. The second-order valence-electron chi connectivity index (χ2n) is 4.50. The fraction of sp³-hybridized carbons (Fsp3) is 0.125. The molecular formula is C16H11F2NO. The third kappa shape index (κ3) is 2.89. The number of hydrogen-bond donors (Lipinski definition) is 0. The summed E-state index contributed by atoms with van der Waals surface area (Å²) in [5.74, 6) is -3.31. The summed E-state index contributed by atoms with van der Waals surface area (Å²) in [5, 5.41) is 9.13. The SMILES string of the molecule is Cc1ccc(C(=O)C(C#N)c2cc(F)cc(F)c2)cc1. The summed E-state index contributed by atoms with van der Waals surface area (Å²) in [6.45, 7) is 1.87. The predicted octanol–water partition coefficient (Wildman–Crippen LogP) is 3.76. The number of rotatable bonds is 3. The highest BCUT2D eigenvalue weighted by molar-refractivity contribution is 6.02. The highest BCUT2D eigenvalue weighted by Crippen LogP contribution is 2.22. The molecule has 2 nitrogen and oxygen atoms in total. The van der Waals surface area contributed by atoms with Crippen LogP contribution >= 0.6 is 0 Å². The standard InChI is InChI=1S/C16H11F2NO/c1-10-2-4-11(5-3-10)16(20)15(9-19)12-6-13(17)8-14(18)7-12/h2-8,15H,1H3. The van der Waals surface area contributed by atoms with Crippen LogP contribution in [0, 0.1) is 29.9 Å². The summed E-state index contributed by atoms with van der Waals surface area (Å²) in [5.41, 5.74) is 1.34. The van der Waals surface area contributed by atoms with E-state index in [2.05, 4.69) is 0 Å². The number of aryl methyl sites for hydroxylation is 1. The molecule has 0 spiro atoms. The minimum atomic E-state index is -1.22. The van der Waals surface area contributed by atoms with Crippen LogP contribution in [0.4, 0.5) is 8.78 Å². The predicted molar refractivity (Wildman–Crippen MR) is 70.2 cm³/mol. The molecule has 0 N–H and O–H groups in total. The summed E-state index contributed by atoms with van der Waals surface area (Å²) in [6, 6.07) is 11.2. The zero-order chi connectivity index (χ0) is 14.7. The Morgan fingerprint density at radius 3 is 2.15 bits per heavy atom. The van der Waals surface area contributed by atoms with Gasteiger partial charge in [0, 0.05) is 11.6 Å². The first kappa shape index (κ1) is 13.9. The fourth-order valence-corrected chi connectivity index (χ4v) is 1.91. The first-order chi connectivity index (χ1) is 9.51. The van der Waals surface area contributed by atoms with Crippen molar-refractivity contribution in [3.8, 4) is 6.07 Å². The van der Waals surface area contributed by atoms with E-state index < -0.39 is 23.3 Å². The Balaban J connectivity index is 2.39. The molecule has 1 atom stereocenters. The van der Waals surface area contributed by atoms with E-state index >= 15 is 0 Å². The highest BCUT2D eigenvalue weighted by Gasteiger charge is 2.22. The van der Waals surface area contributed by atoms with E-state index in [1.807, 2.05) is 6.92 Å². The third-order valence-electron chi connectivity index (χ3n) is 2.95. The first-order valence-electron chi connectivity index (χ1n) is 5.98. The van der Waals surface area contributed by atoms with E-state index in [9.17, 15) is 13.6 Å². The van der Waals surface area contributed by atoms with E-state index in [-0.39, 0.29) is 5.56 Å². The van der Waals surface area contributed by atoms with Crippen molar-refractivity contribution in [2.24, 2.45) is 0 Å². The Kier molecular flexibility index (Phi) is 3.90. The van der Waals surface area contributed by atoms with Crippen LogP contribution in [0.1, 0.15) is 27.4 Å². The number of Topliss-reactive ketones (excluding diaryl/α,β-unsaturated/α-hetero) is 1. The largest absolute Gasteiger partial charge is 0.292 e. The lowest BCUT2D eigenvalue weighted by Crippen LogP contribution is -2.12. The van der Waals surface area contributed by atoms with Crippen molar-refractivity contribution >= 4 is 5.78 Å². The minimum Gasteiger partial charge on any atom is -0.292 e. The fourth-order valence-electron chi connectivity index (χ4n) is 1.91. The molecule has 0 heterocycles. The van der Waals surface area contributed by atoms with Crippen LogP contribution in [0.5, 0.6) is 0 Å². The summed E-state index contributed by atoms with van der Waals surface area (Å²) in [6.07, 6.45) is 0. The van der Waals surface area contributed by atoms with Crippen molar-refractivity contribution in [2.75, 3.05) is 0 Å². The van der Waals surface area contributed by atoms with Gasteiger partial charge in [-0.3, -0.25) is 4.79 Å². The van der Waals surface area contributed by atoms with Gasteiger partial charge < -0.3 is 0 Å². The molecule has 2 rings (SSSR count). The smallest absolute Gasteiger partial charge is 0.184 e. The molecule has 0 radical (unpaired) electrons. The van der Waals surface area contributed by atoms with Crippen molar-refractivity contribution < 1.29 is 13.6 Å². The van der Waals surface area contributed by atoms with Crippen LogP contribution in [0.3, 0.4) is 0 Å². The van der Waals surface area contributed by atoms with Crippen molar-refractivity contribution in [1.82, 2.24) is 0 Å². The molecule has 100 valence electrons. The van der Waals surface area contributed by atoms with Gasteiger partial charge in [-0.2, -0.15) is 5.26 Å². The van der Waals surface area contributed by atoms with Crippen LogP contribution in [0.15, 0.2) is 42.5 Å². The number of benzene rings is 2. The second kappa shape index (κ2) is 5.62. The van der Waals surface area contributed by atoms with Gasteiger partial charge in [-0.05, 0) is 24.6 Å². The van der Waals surface area contributed by atoms with Crippen LogP contribution in [-0.4, -0.2) is 5.78 Å². The van der Waals surface area contributed by atoms with Crippen LogP contribution in [0.25, 0.3) is 0 Å². The minimum absolute atomic E-state index is 0.0237. The number of carbonyl (C=O) groups is 1. The normalized spacial score (nSPS) is 11.7. The molecule has 0 bridgehead atoms. The summed E-state index contributed by atoms with van der Waals surface area (Å²) >= 11 is 0. The maximum atomic E-state index is 13.2. The molecule has 1 unspecified atom stereocenters. The highest BCUT2D eigenvalue weighted by atomic mass is 19.1. The molecule has 0 aromatic heterocycles. The number of nitrogens with zero attached hydrogens (tertiary/aromatic N) is 1. The number of ketones is 1. The summed E-state index contributed by atoms with van der Waals surface area (Å²) < 4.78 is 26.4. The van der Waals surface area contributed by atoms with Gasteiger partial charge in [-0.1, -0.05) is 29.8 Å². The van der Waals surface area contributed by atoms with Gasteiger partial charge in [-0.25, -0.2) is 8.78 Å². The van der Waals surface area contributed by atoms with E-state index in [4.69, 9.17) is 5.26 Å². The Labute approximate surface area is 115 Å². The number of halogens is 2. The van der Waals surface area contributed by atoms with Crippen molar-refractivity contribution in [1.29, 1.82) is 5.26 Å². The van der Waals surface area contributed by atoms with Gasteiger partial charge in [-0.15, -0.1) is 0 Å². The molecule has 0 aliphatic carbocycles. The number of carbonyl (C=O) groups excluding carboxylic acids is 1. The van der Waals surface area contributed by atoms with E-state index in [1.54, 1.807) is 30.3 Å². The van der Waals surface area contributed by atoms with Crippen LogP contribution < -0.4 is 0 Å². The Bertz CT molecular complexity index is 666. The zero-order valence-corrected chi connectivity index (χ0v) is 10.7. The number of hydrogen-bond acceptors (Lipinski definition) is 2. The second-order valence-corrected chi connectivity index (χ2v) is 4.50. The Hall–Kier alpha value is -2.54.